The second-order valence-corrected chi connectivity index (χ2v) is 53.0. The van der Waals surface area contributed by atoms with Gasteiger partial charge >= 0.3 is 440 Å². The Hall–Kier alpha value is -0.583. The molecule has 0 aliphatic carbocycles. The fraction of sp³-hybridized carbons (Fsp3) is 0.774. The molecular weight excluding hydrogens is 1110 g/mol. The molecule has 0 N–H and O–H groups in total. The number of nitrogens with zero attached hydrogens (tertiary/aromatic N) is 2. The van der Waals surface area contributed by atoms with Gasteiger partial charge in [-0.2, -0.15) is 0 Å². The molecule has 398 valence electrons. The molecule has 0 fully saturated rings. The van der Waals surface area contributed by atoms with Gasteiger partial charge in [0.1, 0.15) is 0 Å². The monoisotopic (exact) mass is 1220 g/mol. The predicted octanol–water partition coefficient (Wildman–Crippen LogP) is 19.3. The van der Waals surface area contributed by atoms with Crippen molar-refractivity contribution in [2.75, 3.05) is 13.1 Å². The summed E-state index contributed by atoms with van der Waals surface area (Å²) in [5, 5.41) is 0. The van der Waals surface area contributed by atoms with Crippen LogP contribution in [0.1, 0.15) is 259 Å². The van der Waals surface area contributed by atoms with Crippen molar-refractivity contribution in [3.05, 3.63) is 45.2 Å². The molecule has 4 nitrogen and oxygen atoms in total. The van der Waals surface area contributed by atoms with Crippen molar-refractivity contribution in [1.29, 1.82) is 0 Å². The minimum absolute atomic E-state index is 0.124. The van der Waals surface area contributed by atoms with Crippen LogP contribution in [0, 0.1) is 11.8 Å². The number of thiophene rings is 2. The van der Waals surface area contributed by atoms with E-state index in [1.165, 1.54) is 190 Å². The van der Waals surface area contributed by atoms with Crippen molar-refractivity contribution in [2.24, 2.45) is 11.8 Å². The van der Waals surface area contributed by atoms with Crippen LogP contribution in [-0.4, -0.2) is 71.5 Å². The first-order valence-electron chi connectivity index (χ1n) is 30.5. The van der Waals surface area contributed by atoms with Crippen LogP contribution in [0.3, 0.4) is 0 Å². The van der Waals surface area contributed by atoms with Crippen LogP contribution >= 0.6 is 22.7 Å². The third-order valence-electron chi connectivity index (χ3n) is 16.7. The van der Waals surface area contributed by atoms with Crippen molar-refractivity contribution in [3.63, 3.8) is 0 Å². The van der Waals surface area contributed by atoms with E-state index in [4.69, 9.17) is 0 Å². The quantitative estimate of drug-likeness (QED) is 0.0491. The summed E-state index contributed by atoms with van der Waals surface area (Å²) >= 11 is -1.55. The van der Waals surface area contributed by atoms with Gasteiger partial charge in [0.05, 0.1) is 0 Å². The molecule has 2 atom stereocenters. The van der Waals surface area contributed by atoms with Crippen LogP contribution < -0.4 is 5.79 Å². The summed E-state index contributed by atoms with van der Waals surface area (Å²) in [5.41, 5.74) is 3.51. The van der Waals surface area contributed by atoms with E-state index in [0.717, 1.165) is 61.3 Å². The molecule has 4 rings (SSSR count). The van der Waals surface area contributed by atoms with Crippen LogP contribution in [-0.2, 0) is 9.59 Å². The van der Waals surface area contributed by atoms with E-state index in [-0.39, 0.29) is 11.8 Å². The third kappa shape index (κ3) is 17.2. The zero-order chi connectivity index (χ0) is 50.8. The zero-order valence-electron chi connectivity index (χ0n) is 47.4. The number of carbonyl (C=O) groups is 2. The van der Waals surface area contributed by atoms with Crippen LogP contribution in [0.25, 0.3) is 11.4 Å². The molecule has 2 aromatic rings. The van der Waals surface area contributed by atoms with Crippen molar-refractivity contribution < 1.29 is 9.59 Å². The average molecular weight is 1220 g/mol. The number of rotatable bonds is 42. The van der Waals surface area contributed by atoms with E-state index in [1.54, 1.807) is 5.79 Å². The Bertz CT molecular complexity index is 1680. The number of carbonyl (C=O) groups excluding carboxylic acids is 2. The zero-order valence-corrected chi connectivity index (χ0v) is 54.8. The number of hydrogen-bond acceptors (Lipinski definition) is 4. The summed E-state index contributed by atoms with van der Waals surface area (Å²) in [6.45, 7) is 25.0. The molecule has 0 bridgehead atoms. The third-order valence-corrected chi connectivity index (χ3v) is 55.4. The Labute approximate surface area is 449 Å². The molecule has 2 aliphatic rings. The molecule has 70 heavy (non-hydrogen) atoms. The summed E-state index contributed by atoms with van der Waals surface area (Å²) in [6.07, 6.45) is 34.9. The minimum atomic E-state index is -2.82. The van der Waals surface area contributed by atoms with Crippen LogP contribution in [0.15, 0.2) is 35.4 Å². The average Bonchev–Trinajstić information content (AvgIpc) is 4.18. The van der Waals surface area contributed by atoms with E-state index < -0.39 is 36.8 Å². The summed E-state index contributed by atoms with van der Waals surface area (Å²) in [4.78, 5) is 39.0. The fourth-order valence-electron chi connectivity index (χ4n) is 12.2. The molecule has 0 aromatic carbocycles. The van der Waals surface area contributed by atoms with E-state index in [0.29, 0.717) is 11.8 Å². The van der Waals surface area contributed by atoms with Gasteiger partial charge in [0, 0.05) is 0 Å². The number of fused-ring (bicyclic) bond motifs is 1. The van der Waals surface area contributed by atoms with Crippen molar-refractivity contribution in [3.8, 4) is 0 Å². The second kappa shape index (κ2) is 34.2. The summed E-state index contributed by atoms with van der Waals surface area (Å²) in [5.74, 6) is 1.11. The maximum atomic E-state index is 16.1. The molecule has 2 amide bonds. The Morgan fingerprint density at radius 3 is 0.943 bits per heavy atom. The second-order valence-electron chi connectivity index (χ2n) is 22.5. The van der Waals surface area contributed by atoms with E-state index in [9.17, 15) is 0 Å². The SMILES string of the molecule is CCCCCCC(CCCC)CN1C(=O)C2=C(c3cc[c]([Sn]([CH2]CCC)([CH2]CCC)[CH2]CCC)s3)N(CC(CCCC)CCCCCC)C(=O)C2=C1c1cc[c]([Sn]([CH2]CCC)([CH2]CCC)[CH2]CCC)s1. The first-order valence-corrected chi connectivity index (χ1v) is 47.1. The molecule has 2 aromatic heterocycles. The number of unbranched alkanes of at least 4 members (excludes halogenated alkanes) is 14. The molecule has 0 radical (unpaired) electrons. The molecule has 0 spiro atoms. The first-order chi connectivity index (χ1) is 34.1. The number of amides is 2. The topological polar surface area (TPSA) is 40.6 Å². The summed E-state index contributed by atoms with van der Waals surface area (Å²) < 4.78 is 12.0. The summed E-state index contributed by atoms with van der Waals surface area (Å²) in [7, 11) is 0. The molecule has 4 heterocycles. The normalized spacial score (nSPS) is 15.4. The first kappa shape index (κ1) is 62.0. The van der Waals surface area contributed by atoms with Gasteiger partial charge < -0.3 is 0 Å². The van der Waals surface area contributed by atoms with Gasteiger partial charge in [0.2, 0.25) is 0 Å². The fourth-order valence-corrected chi connectivity index (χ4v) is 52.6. The van der Waals surface area contributed by atoms with Gasteiger partial charge in [0.25, 0.3) is 0 Å². The summed E-state index contributed by atoms with van der Waals surface area (Å²) in [6, 6.07) is 9.92. The number of hydrogen-bond donors (Lipinski definition) is 0. The Morgan fingerprint density at radius 2 is 0.657 bits per heavy atom. The standard InChI is InChI=1S/C38H54N2O2S2.6C4H9.2Sn/c1-5-9-13-15-21-29(19-11-7-3)27-39-35(31-23-17-25-43-31)33-34(37(39)41)36(32-24-18-26-44-32)40(38(33)42)28-30(20-12-8-4)22-16-14-10-6-2;6*1-3-4-2;;/h17-18,23-24,29-30H,5-16,19-22,27-28H2,1-4H3;6*1,3-4H2,2H3;;. The van der Waals surface area contributed by atoms with Gasteiger partial charge in [0.15, 0.2) is 0 Å². The Kier molecular flexibility index (Phi) is 30.2. The van der Waals surface area contributed by atoms with Gasteiger partial charge in [-0.15, -0.1) is 0 Å². The molecule has 2 unspecified atom stereocenters. The van der Waals surface area contributed by atoms with Crippen LogP contribution in [0.5, 0.6) is 0 Å². The molecule has 2 aliphatic heterocycles. The molecule has 0 saturated carbocycles. The molecule has 0 saturated heterocycles. The van der Waals surface area contributed by atoms with Crippen molar-refractivity contribution in [2.45, 2.75) is 276 Å². The van der Waals surface area contributed by atoms with Crippen LogP contribution in [0.4, 0.5) is 0 Å². The van der Waals surface area contributed by atoms with Gasteiger partial charge in [-0.05, 0) is 0 Å². The van der Waals surface area contributed by atoms with Gasteiger partial charge in [-0.25, -0.2) is 0 Å². The van der Waals surface area contributed by atoms with E-state index in [2.05, 4.69) is 103 Å². The predicted molar refractivity (Wildman–Crippen MR) is 319 cm³/mol. The Morgan fingerprint density at radius 1 is 0.371 bits per heavy atom. The van der Waals surface area contributed by atoms with E-state index in [1.807, 2.05) is 22.7 Å². The molecular formula is C62H108N2O2S2Sn2. The maximum absolute atomic E-state index is 16.1. The Balaban J connectivity index is 2.06. The van der Waals surface area contributed by atoms with Crippen LogP contribution in [0.2, 0.25) is 26.6 Å². The van der Waals surface area contributed by atoms with Gasteiger partial charge in [-0.1, -0.05) is 13.8 Å². The van der Waals surface area contributed by atoms with Gasteiger partial charge in [-0.3, -0.25) is 0 Å². The van der Waals surface area contributed by atoms with Crippen molar-refractivity contribution in [1.82, 2.24) is 9.80 Å². The molecule has 8 heteroatoms. The van der Waals surface area contributed by atoms with E-state index >= 15 is 9.59 Å². The van der Waals surface area contributed by atoms with Crippen molar-refractivity contribution >= 4 is 88.4 Å².